The molecule has 0 spiro atoms. The van der Waals surface area contributed by atoms with Crippen LogP contribution < -0.4 is 0 Å². The van der Waals surface area contributed by atoms with Gasteiger partial charge < -0.3 is 4.84 Å². The zero-order valence-corrected chi connectivity index (χ0v) is 13.4. The smallest absolute Gasteiger partial charge is 0.149 e. The van der Waals surface area contributed by atoms with E-state index in [1.165, 1.54) is 11.1 Å². The Morgan fingerprint density at radius 1 is 1.17 bits per heavy atom. The summed E-state index contributed by atoms with van der Waals surface area (Å²) in [6.07, 6.45) is 3.98. The second-order valence-electron chi connectivity index (χ2n) is 6.43. The maximum atomic E-state index is 5.69. The van der Waals surface area contributed by atoms with E-state index in [1.54, 1.807) is 0 Å². The first-order valence-electron chi connectivity index (χ1n) is 7.99. The predicted octanol–water partition coefficient (Wildman–Crippen LogP) is 2.33. The third-order valence-corrected chi connectivity index (χ3v) is 4.53. The van der Waals surface area contributed by atoms with Crippen LogP contribution in [0.3, 0.4) is 0 Å². The van der Waals surface area contributed by atoms with Crippen molar-refractivity contribution >= 4 is 5.71 Å². The first-order chi connectivity index (χ1) is 11.2. The molecule has 2 atom stereocenters. The largest absolute Gasteiger partial charge is 0.390 e. The van der Waals surface area contributed by atoms with E-state index in [0.29, 0.717) is 5.92 Å². The summed E-state index contributed by atoms with van der Waals surface area (Å²) in [5, 5.41) is 4.35. The lowest BCUT2D eigenvalue weighted by Crippen LogP contribution is -2.23. The SMILES string of the molecule is Cc1cccc(C2=NO[C@@H]3CN(Cc4cnc(C)nc4)C[C@H]23)c1. The highest BCUT2D eigenvalue weighted by atomic mass is 16.6. The lowest BCUT2D eigenvalue weighted by molar-refractivity contribution is 0.0745. The molecule has 3 heterocycles. The van der Waals surface area contributed by atoms with Crippen LogP contribution in [0.4, 0.5) is 0 Å². The molecular weight excluding hydrogens is 288 g/mol. The van der Waals surface area contributed by atoms with E-state index in [4.69, 9.17) is 4.84 Å². The van der Waals surface area contributed by atoms with Crippen molar-refractivity contribution in [2.24, 2.45) is 11.1 Å². The highest BCUT2D eigenvalue weighted by Gasteiger charge is 2.42. The normalized spacial score (nSPS) is 23.5. The molecule has 2 aromatic rings. The van der Waals surface area contributed by atoms with Gasteiger partial charge in [-0.1, -0.05) is 35.0 Å². The van der Waals surface area contributed by atoms with Gasteiger partial charge in [-0.2, -0.15) is 0 Å². The fraction of sp³-hybridized carbons (Fsp3) is 0.389. The third-order valence-electron chi connectivity index (χ3n) is 4.53. The predicted molar refractivity (Wildman–Crippen MR) is 88.1 cm³/mol. The zero-order chi connectivity index (χ0) is 15.8. The third kappa shape index (κ3) is 2.84. The van der Waals surface area contributed by atoms with Gasteiger partial charge in [-0.3, -0.25) is 4.90 Å². The number of hydrogen-bond donors (Lipinski definition) is 0. The van der Waals surface area contributed by atoms with Crippen LogP contribution in [0.15, 0.2) is 41.8 Å². The van der Waals surface area contributed by atoms with E-state index >= 15 is 0 Å². The minimum absolute atomic E-state index is 0.164. The molecule has 1 fully saturated rings. The fourth-order valence-electron chi connectivity index (χ4n) is 3.37. The molecule has 2 aliphatic rings. The van der Waals surface area contributed by atoms with E-state index < -0.39 is 0 Å². The standard InChI is InChI=1S/C18H20N4O/c1-12-4-3-5-15(6-12)18-16-10-22(11-17(16)23-21-18)9-14-7-19-13(2)20-8-14/h3-8,16-17H,9-11H2,1-2H3/t16-,17+/m0/s1. The van der Waals surface area contributed by atoms with Crippen molar-refractivity contribution in [3.63, 3.8) is 0 Å². The summed E-state index contributed by atoms with van der Waals surface area (Å²) < 4.78 is 0. The van der Waals surface area contributed by atoms with Crippen molar-refractivity contribution in [3.05, 3.63) is 59.2 Å². The second kappa shape index (κ2) is 5.74. The Bertz CT molecular complexity index is 741. The Morgan fingerprint density at radius 3 is 2.78 bits per heavy atom. The number of aromatic nitrogens is 2. The number of benzene rings is 1. The van der Waals surface area contributed by atoms with Crippen LogP contribution in [-0.4, -0.2) is 39.8 Å². The monoisotopic (exact) mass is 308 g/mol. The molecule has 0 bridgehead atoms. The Hall–Kier alpha value is -2.27. The van der Waals surface area contributed by atoms with Crippen molar-refractivity contribution in [2.75, 3.05) is 13.1 Å². The van der Waals surface area contributed by atoms with Gasteiger partial charge in [0, 0.05) is 43.2 Å². The van der Waals surface area contributed by atoms with Crippen molar-refractivity contribution in [3.8, 4) is 0 Å². The van der Waals surface area contributed by atoms with Crippen LogP contribution in [0.25, 0.3) is 0 Å². The highest BCUT2D eigenvalue weighted by molar-refractivity contribution is 6.03. The number of fused-ring (bicyclic) bond motifs is 1. The lowest BCUT2D eigenvalue weighted by Gasteiger charge is -2.16. The number of rotatable bonds is 3. The molecule has 0 amide bonds. The van der Waals surface area contributed by atoms with E-state index in [9.17, 15) is 0 Å². The Morgan fingerprint density at radius 2 is 2.00 bits per heavy atom. The van der Waals surface area contributed by atoms with E-state index in [1.807, 2.05) is 19.3 Å². The quantitative estimate of drug-likeness (QED) is 0.873. The fourth-order valence-corrected chi connectivity index (χ4v) is 3.37. The number of oxime groups is 1. The first kappa shape index (κ1) is 14.3. The van der Waals surface area contributed by atoms with Gasteiger partial charge in [0.05, 0.1) is 11.6 Å². The molecule has 5 heteroatoms. The van der Waals surface area contributed by atoms with Crippen molar-refractivity contribution < 1.29 is 4.84 Å². The van der Waals surface area contributed by atoms with Crippen molar-refractivity contribution in [2.45, 2.75) is 26.5 Å². The zero-order valence-electron chi connectivity index (χ0n) is 13.4. The van der Waals surface area contributed by atoms with Gasteiger partial charge in [-0.05, 0) is 13.8 Å². The molecular formula is C18H20N4O. The van der Waals surface area contributed by atoms with E-state index in [-0.39, 0.29) is 6.10 Å². The summed E-state index contributed by atoms with van der Waals surface area (Å²) in [6, 6.07) is 8.49. The van der Waals surface area contributed by atoms with Crippen LogP contribution >= 0.6 is 0 Å². The molecule has 1 aromatic heterocycles. The van der Waals surface area contributed by atoms with Crippen LogP contribution in [0.2, 0.25) is 0 Å². The van der Waals surface area contributed by atoms with Gasteiger partial charge in [-0.15, -0.1) is 0 Å². The summed E-state index contributed by atoms with van der Waals surface area (Å²) in [4.78, 5) is 16.6. The van der Waals surface area contributed by atoms with Gasteiger partial charge in [0.25, 0.3) is 0 Å². The van der Waals surface area contributed by atoms with E-state index in [2.05, 4.69) is 51.2 Å². The molecule has 0 aliphatic carbocycles. The molecule has 23 heavy (non-hydrogen) atoms. The molecule has 0 N–H and O–H groups in total. The van der Waals surface area contributed by atoms with Gasteiger partial charge in [0.15, 0.2) is 0 Å². The molecule has 1 saturated heterocycles. The Labute approximate surface area is 136 Å². The van der Waals surface area contributed by atoms with Crippen LogP contribution in [0.1, 0.15) is 22.5 Å². The minimum Gasteiger partial charge on any atom is -0.390 e. The van der Waals surface area contributed by atoms with Crippen molar-refractivity contribution in [1.29, 1.82) is 0 Å². The first-order valence-corrected chi connectivity index (χ1v) is 7.99. The number of aryl methyl sites for hydroxylation is 2. The highest BCUT2D eigenvalue weighted by Crippen LogP contribution is 2.31. The summed E-state index contributed by atoms with van der Waals surface area (Å²) in [6.45, 7) is 6.73. The Balaban J connectivity index is 1.47. The van der Waals surface area contributed by atoms with Crippen LogP contribution in [0, 0.1) is 19.8 Å². The summed E-state index contributed by atoms with van der Waals surface area (Å²) in [5.41, 5.74) is 4.66. The maximum Gasteiger partial charge on any atom is 0.149 e. The van der Waals surface area contributed by atoms with Crippen LogP contribution in [-0.2, 0) is 11.4 Å². The molecule has 2 aliphatic heterocycles. The van der Waals surface area contributed by atoms with Crippen molar-refractivity contribution in [1.82, 2.24) is 14.9 Å². The van der Waals surface area contributed by atoms with Gasteiger partial charge in [-0.25, -0.2) is 9.97 Å². The summed E-state index contributed by atoms with van der Waals surface area (Å²) in [5.74, 6) is 1.16. The van der Waals surface area contributed by atoms with E-state index in [0.717, 1.165) is 36.7 Å². The van der Waals surface area contributed by atoms with Gasteiger partial charge in [0.1, 0.15) is 11.9 Å². The average molecular weight is 308 g/mol. The number of likely N-dealkylation sites (tertiary alicyclic amines) is 1. The van der Waals surface area contributed by atoms with Gasteiger partial charge in [0.2, 0.25) is 0 Å². The molecule has 118 valence electrons. The molecule has 0 unspecified atom stereocenters. The summed E-state index contributed by atoms with van der Waals surface area (Å²) >= 11 is 0. The second-order valence-corrected chi connectivity index (χ2v) is 6.43. The Kier molecular flexibility index (Phi) is 3.58. The average Bonchev–Trinajstić information content (AvgIpc) is 3.09. The maximum absolute atomic E-state index is 5.69. The van der Waals surface area contributed by atoms with Gasteiger partial charge >= 0.3 is 0 Å². The molecule has 0 radical (unpaired) electrons. The van der Waals surface area contributed by atoms with Crippen LogP contribution in [0.5, 0.6) is 0 Å². The minimum atomic E-state index is 0.164. The molecule has 0 saturated carbocycles. The molecule has 4 rings (SSSR count). The lowest BCUT2D eigenvalue weighted by atomic mass is 9.94. The number of hydrogen-bond acceptors (Lipinski definition) is 5. The molecule has 1 aromatic carbocycles. The summed E-state index contributed by atoms with van der Waals surface area (Å²) in [7, 11) is 0. The molecule has 5 nitrogen and oxygen atoms in total. The number of nitrogens with zero attached hydrogens (tertiary/aromatic N) is 4. The topological polar surface area (TPSA) is 50.6 Å².